The summed E-state index contributed by atoms with van der Waals surface area (Å²) in [6.07, 6.45) is 2.16. The second kappa shape index (κ2) is 6.98. The van der Waals surface area contributed by atoms with E-state index in [0.29, 0.717) is 0 Å². The standard InChI is InChI=1S/C20H22ClN3/c21-18-7-5-16(6-8-18)14-23-9-11-24(12-10-23)15-17-13-22-20-4-2-1-3-19(17)20/h1-8,13,22H,9-12,14-15H2. The highest BCUT2D eigenvalue weighted by Gasteiger charge is 2.18. The van der Waals surface area contributed by atoms with E-state index in [1.807, 2.05) is 12.1 Å². The summed E-state index contributed by atoms with van der Waals surface area (Å²) in [6, 6.07) is 16.7. The van der Waals surface area contributed by atoms with Crippen LogP contribution in [0.25, 0.3) is 10.9 Å². The van der Waals surface area contributed by atoms with Gasteiger partial charge in [-0.25, -0.2) is 0 Å². The van der Waals surface area contributed by atoms with Crippen molar-refractivity contribution < 1.29 is 0 Å². The molecule has 1 saturated heterocycles. The topological polar surface area (TPSA) is 22.3 Å². The van der Waals surface area contributed by atoms with Gasteiger partial charge in [0.2, 0.25) is 0 Å². The molecule has 4 rings (SSSR count). The Kier molecular flexibility index (Phi) is 4.56. The first-order valence-corrected chi connectivity index (χ1v) is 8.90. The Labute approximate surface area is 147 Å². The van der Waals surface area contributed by atoms with Crippen LogP contribution in [0.5, 0.6) is 0 Å². The van der Waals surface area contributed by atoms with Crippen LogP contribution in [-0.2, 0) is 13.1 Å². The minimum absolute atomic E-state index is 0.808. The zero-order valence-corrected chi connectivity index (χ0v) is 14.5. The summed E-state index contributed by atoms with van der Waals surface area (Å²) in [7, 11) is 0. The molecule has 0 atom stereocenters. The second-order valence-corrected chi connectivity index (χ2v) is 6.97. The Bertz CT molecular complexity index is 801. The number of halogens is 1. The number of aromatic amines is 1. The number of piperazine rings is 1. The number of rotatable bonds is 4. The summed E-state index contributed by atoms with van der Waals surface area (Å²) in [5, 5.41) is 2.16. The molecule has 124 valence electrons. The molecule has 4 heteroatoms. The van der Waals surface area contributed by atoms with Crippen molar-refractivity contribution in [1.82, 2.24) is 14.8 Å². The average Bonchev–Trinajstić information content (AvgIpc) is 3.02. The number of hydrogen-bond donors (Lipinski definition) is 1. The molecule has 0 spiro atoms. The van der Waals surface area contributed by atoms with E-state index in [4.69, 9.17) is 11.6 Å². The van der Waals surface area contributed by atoms with E-state index in [9.17, 15) is 0 Å². The first kappa shape index (κ1) is 15.7. The molecule has 2 aromatic carbocycles. The maximum Gasteiger partial charge on any atom is 0.0457 e. The molecule has 0 aliphatic carbocycles. The predicted octanol–water partition coefficient (Wildman–Crippen LogP) is 4.14. The van der Waals surface area contributed by atoms with Crippen molar-refractivity contribution >= 4 is 22.5 Å². The van der Waals surface area contributed by atoms with Gasteiger partial charge in [-0.15, -0.1) is 0 Å². The van der Waals surface area contributed by atoms with Crippen LogP contribution in [0.2, 0.25) is 5.02 Å². The summed E-state index contributed by atoms with van der Waals surface area (Å²) >= 11 is 5.96. The number of para-hydroxylation sites is 1. The lowest BCUT2D eigenvalue weighted by molar-refractivity contribution is 0.122. The molecule has 1 aliphatic rings. The third kappa shape index (κ3) is 3.48. The fraction of sp³-hybridized carbons (Fsp3) is 0.300. The largest absolute Gasteiger partial charge is 0.361 e. The van der Waals surface area contributed by atoms with Gasteiger partial charge in [0.1, 0.15) is 0 Å². The molecule has 1 fully saturated rings. The summed E-state index contributed by atoms with van der Waals surface area (Å²) in [5.41, 5.74) is 3.97. The van der Waals surface area contributed by atoms with Crippen LogP contribution in [0.3, 0.4) is 0 Å². The third-order valence-corrected chi connectivity index (χ3v) is 5.11. The smallest absolute Gasteiger partial charge is 0.0457 e. The minimum atomic E-state index is 0.808. The number of aromatic nitrogens is 1. The number of benzene rings is 2. The molecular formula is C20H22ClN3. The van der Waals surface area contributed by atoms with Gasteiger partial charge in [0, 0.05) is 61.4 Å². The molecular weight excluding hydrogens is 318 g/mol. The molecule has 1 aliphatic heterocycles. The van der Waals surface area contributed by atoms with Crippen molar-refractivity contribution in [3.8, 4) is 0 Å². The van der Waals surface area contributed by atoms with E-state index >= 15 is 0 Å². The first-order chi connectivity index (χ1) is 11.8. The van der Waals surface area contributed by atoms with Crippen LogP contribution < -0.4 is 0 Å². The Morgan fingerprint density at radius 1 is 0.833 bits per heavy atom. The summed E-state index contributed by atoms with van der Waals surface area (Å²) in [6.45, 7) is 6.51. The SMILES string of the molecule is Clc1ccc(CN2CCN(Cc3c[nH]c4ccccc34)CC2)cc1. The molecule has 24 heavy (non-hydrogen) atoms. The molecule has 2 heterocycles. The Hall–Kier alpha value is -1.81. The fourth-order valence-corrected chi connectivity index (χ4v) is 3.58. The van der Waals surface area contributed by atoms with E-state index in [0.717, 1.165) is 44.3 Å². The molecule has 1 N–H and O–H groups in total. The van der Waals surface area contributed by atoms with Crippen molar-refractivity contribution in [2.75, 3.05) is 26.2 Å². The van der Waals surface area contributed by atoms with Crippen molar-refractivity contribution in [2.24, 2.45) is 0 Å². The molecule has 0 unspecified atom stereocenters. The average molecular weight is 340 g/mol. The van der Waals surface area contributed by atoms with Crippen LogP contribution in [0.15, 0.2) is 54.7 Å². The zero-order valence-electron chi connectivity index (χ0n) is 13.7. The van der Waals surface area contributed by atoms with Crippen molar-refractivity contribution in [3.05, 3.63) is 70.9 Å². The lowest BCUT2D eigenvalue weighted by Gasteiger charge is -2.34. The van der Waals surface area contributed by atoms with Gasteiger partial charge in [-0.3, -0.25) is 9.80 Å². The van der Waals surface area contributed by atoms with E-state index < -0.39 is 0 Å². The van der Waals surface area contributed by atoms with Crippen LogP contribution >= 0.6 is 11.6 Å². The maximum atomic E-state index is 5.96. The monoisotopic (exact) mass is 339 g/mol. The van der Waals surface area contributed by atoms with Gasteiger partial charge in [-0.2, -0.15) is 0 Å². The van der Waals surface area contributed by atoms with Crippen LogP contribution in [0, 0.1) is 0 Å². The Morgan fingerprint density at radius 3 is 2.25 bits per heavy atom. The lowest BCUT2D eigenvalue weighted by atomic mass is 10.1. The maximum absolute atomic E-state index is 5.96. The van der Waals surface area contributed by atoms with Gasteiger partial charge in [0.25, 0.3) is 0 Å². The minimum Gasteiger partial charge on any atom is -0.361 e. The Morgan fingerprint density at radius 2 is 1.50 bits per heavy atom. The van der Waals surface area contributed by atoms with Gasteiger partial charge in [-0.1, -0.05) is 41.9 Å². The van der Waals surface area contributed by atoms with Crippen molar-refractivity contribution in [2.45, 2.75) is 13.1 Å². The van der Waals surface area contributed by atoms with Crippen LogP contribution in [0.1, 0.15) is 11.1 Å². The highest BCUT2D eigenvalue weighted by molar-refractivity contribution is 6.30. The molecule has 0 radical (unpaired) electrons. The normalized spacial score (nSPS) is 16.7. The van der Waals surface area contributed by atoms with Crippen molar-refractivity contribution in [3.63, 3.8) is 0 Å². The molecule has 0 bridgehead atoms. The van der Waals surface area contributed by atoms with Gasteiger partial charge in [-0.05, 0) is 29.3 Å². The van der Waals surface area contributed by atoms with Crippen molar-refractivity contribution in [1.29, 1.82) is 0 Å². The summed E-state index contributed by atoms with van der Waals surface area (Å²) in [5.74, 6) is 0. The van der Waals surface area contributed by atoms with E-state index in [-0.39, 0.29) is 0 Å². The van der Waals surface area contributed by atoms with E-state index in [2.05, 4.69) is 57.4 Å². The number of H-pyrrole nitrogens is 1. The molecule has 0 amide bonds. The van der Waals surface area contributed by atoms with E-state index in [1.54, 1.807) is 0 Å². The second-order valence-electron chi connectivity index (χ2n) is 6.54. The predicted molar refractivity (Wildman–Crippen MR) is 100 cm³/mol. The van der Waals surface area contributed by atoms with E-state index in [1.165, 1.54) is 22.0 Å². The number of nitrogens with zero attached hydrogens (tertiary/aromatic N) is 2. The highest BCUT2D eigenvalue weighted by atomic mass is 35.5. The number of hydrogen-bond acceptors (Lipinski definition) is 2. The van der Waals surface area contributed by atoms with Crippen LogP contribution in [-0.4, -0.2) is 41.0 Å². The van der Waals surface area contributed by atoms with Gasteiger partial charge in [0.05, 0.1) is 0 Å². The summed E-state index contributed by atoms with van der Waals surface area (Å²) < 4.78 is 0. The van der Waals surface area contributed by atoms with Crippen LogP contribution in [0.4, 0.5) is 0 Å². The van der Waals surface area contributed by atoms with Gasteiger partial charge >= 0.3 is 0 Å². The molecule has 3 nitrogen and oxygen atoms in total. The lowest BCUT2D eigenvalue weighted by Crippen LogP contribution is -2.45. The Balaban J connectivity index is 1.33. The summed E-state index contributed by atoms with van der Waals surface area (Å²) in [4.78, 5) is 8.45. The number of fused-ring (bicyclic) bond motifs is 1. The molecule has 3 aromatic rings. The third-order valence-electron chi connectivity index (χ3n) is 4.85. The van der Waals surface area contributed by atoms with Gasteiger partial charge < -0.3 is 4.98 Å². The molecule has 0 saturated carbocycles. The van der Waals surface area contributed by atoms with Gasteiger partial charge in [0.15, 0.2) is 0 Å². The zero-order chi connectivity index (χ0) is 16.4. The fourth-order valence-electron chi connectivity index (χ4n) is 3.46. The first-order valence-electron chi connectivity index (χ1n) is 8.52. The quantitative estimate of drug-likeness (QED) is 0.771. The highest BCUT2D eigenvalue weighted by Crippen LogP contribution is 2.20. The number of nitrogens with one attached hydrogen (secondary N) is 1. The molecule has 1 aromatic heterocycles.